The molecule has 0 saturated heterocycles. The molecule has 0 fully saturated rings. The summed E-state index contributed by atoms with van der Waals surface area (Å²) in [6.45, 7) is 1.06. The molecule has 0 bridgehead atoms. The summed E-state index contributed by atoms with van der Waals surface area (Å²) >= 11 is 6.18. The van der Waals surface area contributed by atoms with Gasteiger partial charge in [0.1, 0.15) is 16.5 Å². The molecule has 0 N–H and O–H groups in total. The van der Waals surface area contributed by atoms with Crippen molar-refractivity contribution in [1.29, 1.82) is 0 Å². The minimum atomic E-state index is -0.442. The van der Waals surface area contributed by atoms with Crippen LogP contribution in [0.25, 0.3) is 5.69 Å². The van der Waals surface area contributed by atoms with E-state index in [0.29, 0.717) is 19.0 Å². The molecule has 100 valence electrons. The molecule has 0 aliphatic carbocycles. The van der Waals surface area contributed by atoms with E-state index < -0.39 is 5.82 Å². The standard InChI is InChI=1S/C13H12ClFN2O2/c1-18-11-3-2-9(15)13(12(11)14)17-10-7-19-5-4-8(10)6-16-17/h2-3,6H,4-5,7H2,1H3. The zero-order valence-electron chi connectivity index (χ0n) is 10.3. The van der Waals surface area contributed by atoms with Gasteiger partial charge >= 0.3 is 0 Å². The first-order chi connectivity index (χ1) is 9.22. The summed E-state index contributed by atoms with van der Waals surface area (Å²) in [5, 5.41) is 4.43. The number of aromatic nitrogens is 2. The molecular formula is C13H12ClFN2O2. The number of halogens is 2. The number of nitrogens with zero attached hydrogens (tertiary/aromatic N) is 2. The maximum atomic E-state index is 14.1. The topological polar surface area (TPSA) is 36.3 Å². The average Bonchev–Trinajstić information content (AvgIpc) is 2.83. The van der Waals surface area contributed by atoms with Crippen LogP contribution >= 0.6 is 11.6 Å². The van der Waals surface area contributed by atoms with Crippen molar-refractivity contribution in [1.82, 2.24) is 9.78 Å². The molecule has 0 saturated carbocycles. The third-order valence-corrected chi connectivity index (χ3v) is 3.54. The zero-order valence-corrected chi connectivity index (χ0v) is 11.1. The third kappa shape index (κ3) is 1.99. The van der Waals surface area contributed by atoms with Gasteiger partial charge in [0.2, 0.25) is 0 Å². The fourth-order valence-electron chi connectivity index (χ4n) is 2.19. The third-order valence-electron chi connectivity index (χ3n) is 3.17. The number of hydrogen-bond donors (Lipinski definition) is 0. The van der Waals surface area contributed by atoms with E-state index in [-0.39, 0.29) is 10.7 Å². The van der Waals surface area contributed by atoms with E-state index in [2.05, 4.69) is 5.10 Å². The lowest BCUT2D eigenvalue weighted by Gasteiger charge is -2.16. The van der Waals surface area contributed by atoms with E-state index in [1.807, 2.05) is 0 Å². The molecule has 4 nitrogen and oxygen atoms in total. The second-order valence-corrected chi connectivity index (χ2v) is 4.62. The van der Waals surface area contributed by atoms with Crippen molar-refractivity contribution >= 4 is 11.6 Å². The predicted molar refractivity (Wildman–Crippen MR) is 68.4 cm³/mol. The Morgan fingerprint density at radius 3 is 3.11 bits per heavy atom. The quantitative estimate of drug-likeness (QED) is 0.850. The summed E-state index contributed by atoms with van der Waals surface area (Å²) in [4.78, 5) is 0. The van der Waals surface area contributed by atoms with Crippen LogP contribution in [-0.4, -0.2) is 23.5 Å². The van der Waals surface area contributed by atoms with Crippen LogP contribution in [0.15, 0.2) is 18.3 Å². The number of hydrogen-bond acceptors (Lipinski definition) is 3. The van der Waals surface area contributed by atoms with Gasteiger partial charge in [0, 0.05) is 0 Å². The number of rotatable bonds is 2. The van der Waals surface area contributed by atoms with E-state index in [1.165, 1.54) is 23.9 Å². The van der Waals surface area contributed by atoms with Crippen LogP contribution in [0.3, 0.4) is 0 Å². The van der Waals surface area contributed by atoms with Crippen molar-refractivity contribution in [2.45, 2.75) is 13.0 Å². The Morgan fingerprint density at radius 2 is 2.32 bits per heavy atom. The Morgan fingerprint density at radius 1 is 1.47 bits per heavy atom. The molecule has 1 aliphatic heterocycles. The molecule has 1 aromatic carbocycles. The number of fused-ring (bicyclic) bond motifs is 1. The Balaban J connectivity index is 2.19. The summed E-state index contributed by atoms with van der Waals surface area (Å²) in [5.74, 6) is -0.0266. The SMILES string of the molecule is COc1ccc(F)c(-n2ncc3c2COCC3)c1Cl. The van der Waals surface area contributed by atoms with Gasteiger partial charge in [-0.1, -0.05) is 11.6 Å². The maximum absolute atomic E-state index is 14.1. The highest BCUT2D eigenvalue weighted by atomic mass is 35.5. The molecule has 2 heterocycles. The molecule has 0 radical (unpaired) electrons. The minimum Gasteiger partial charge on any atom is -0.495 e. The molecular weight excluding hydrogens is 271 g/mol. The van der Waals surface area contributed by atoms with Gasteiger partial charge in [0.25, 0.3) is 0 Å². The van der Waals surface area contributed by atoms with Gasteiger partial charge in [0.15, 0.2) is 5.82 Å². The zero-order chi connectivity index (χ0) is 13.4. The Labute approximate surface area is 114 Å². The van der Waals surface area contributed by atoms with Gasteiger partial charge in [-0.25, -0.2) is 9.07 Å². The van der Waals surface area contributed by atoms with Crippen molar-refractivity contribution in [3.05, 3.63) is 40.4 Å². The first-order valence-corrected chi connectivity index (χ1v) is 6.26. The van der Waals surface area contributed by atoms with E-state index in [1.54, 1.807) is 6.20 Å². The smallest absolute Gasteiger partial charge is 0.150 e. The highest BCUT2D eigenvalue weighted by molar-refractivity contribution is 6.33. The van der Waals surface area contributed by atoms with Gasteiger partial charge in [-0.15, -0.1) is 0 Å². The molecule has 0 unspecified atom stereocenters. The Bertz CT molecular complexity index is 627. The number of methoxy groups -OCH3 is 1. The summed E-state index contributed by atoms with van der Waals surface area (Å²) in [6, 6.07) is 2.81. The number of ether oxygens (including phenoxy) is 2. The van der Waals surface area contributed by atoms with Gasteiger partial charge in [-0.2, -0.15) is 5.10 Å². The van der Waals surface area contributed by atoms with E-state index in [4.69, 9.17) is 21.1 Å². The molecule has 2 aromatic rings. The molecule has 0 atom stereocenters. The summed E-state index contributed by atoms with van der Waals surface area (Å²) in [5.41, 5.74) is 2.10. The molecule has 3 rings (SSSR count). The minimum absolute atomic E-state index is 0.202. The van der Waals surface area contributed by atoms with Crippen LogP contribution in [0.1, 0.15) is 11.3 Å². The lowest BCUT2D eigenvalue weighted by atomic mass is 10.1. The monoisotopic (exact) mass is 282 g/mol. The largest absolute Gasteiger partial charge is 0.495 e. The highest BCUT2D eigenvalue weighted by Crippen LogP contribution is 2.34. The fraction of sp³-hybridized carbons (Fsp3) is 0.308. The van der Waals surface area contributed by atoms with E-state index in [0.717, 1.165) is 17.7 Å². The average molecular weight is 283 g/mol. The summed E-state index contributed by atoms with van der Waals surface area (Å²) in [7, 11) is 1.49. The molecule has 6 heteroatoms. The second-order valence-electron chi connectivity index (χ2n) is 4.24. The van der Waals surface area contributed by atoms with Crippen LogP contribution in [0.2, 0.25) is 5.02 Å². The van der Waals surface area contributed by atoms with Crippen molar-refractivity contribution in [2.75, 3.05) is 13.7 Å². The van der Waals surface area contributed by atoms with Crippen LogP contribution in [0.4, 0.5) is 4.39 Å². The van der Waals surface area contributed by atoms with Gasteiger partial charge in [0.05, 0.1) is 32.2 Å². The lowest BCUT2D eigenvalue weighted by Crippen LogP contribution is -2.14. The number of benzene rings is 1. The van der Waals surface area contributed by atoms with Crippen molar-refractivity contribution < 1.29 is 13.9 Å². The van der Waals surface area contributed by atoms with Crippen molar-refractivity contribution in [3.8, 4) is 11.4 Å². The highest BCUT2D eigenvalue weighted by Gasteiger charge is 2.22. The molecule has 0 spiro atoms. The van der Waals surface area contributed by atoms with Gasteiger partial charge in [-0.05, 0) is 24.1 Å². The van der Waals surface area contributed by atoms with Crippen molar-refractivity contribution in [3.63, 3.8) is 0 Å². The van der Waals surface area contributed by atoms with E-state index in [9.17, 15) is 4.39 Å². The molecule has 1 aromatic heterocycles. The van der Waals surface area contributed by atoms with Gasteiger partial charge < -0.3 is 9.47 Å². The van der Waals surface area contributed by atoms with Crippen LogP contribution in [0, 0.1) is 5.82 Å². The molecule has 19 heavy (non-hydrogen) atoms. The normalized spacial score (nSPS) is 14.3. The van der Waals surface area contributed by atoms with E-state index >= 15 is 0 Å². The fourth-order valence-corrected chi connectivity index (χ4v) is 2.50. The van der Waals surface area contributed by atoms with Crippen LogP contribution in [0.5, 0.6) is 5.75 Å². The summed E-state index contributed by atoms with van der Waals surface area (Å²) in [6.07, 6.45) is 2.51. The van der Waals surface area contributed by atoms with Crippen molar-refractivity contribution in [2.24, 2.45) is 0 Å². The molecule has 0 amide bonds. The predicted octanol–water partition coefficient (Wildman–Crippen LogP) is 2.75. The van der Waals surface area contributed by atoms with Gasteiger partial charge in [-0.3, -0.25) is 0 Å². The van der Waals surface area contributed by atoms with Crippen LogP contribution in [-0.2, 0) is 17.8 Å². The Kier molecular flexibility index (Phi) is 3.16. The second kappa shape index (κ2) is 4.83. The first kappa shape index (κ1) is 12.4. The molecule has 1 aliphatic rings. The maximum Gasteiger partial charge on any atom is 0.150 e. The first-order valence-electron chi connectivity index (χ1n) is 5.88. The Hall–Kier alpha value is -1.59. The lowest BCUT2D eigenvalue weighted by molar-refractivity contribution is 0.106. The van der Waals surface area contributed by atoms with Crippen LogP contribution < -0.4 is 4.74 Å². The summed E-state index contributed by atoms with van der Waals surface area (Å²) < 4.78 is 26.1.